The number of alkyl carbamates (subject to hydrolysis) is 1. The smallest absolute Gasteiger partial charge is 0.408 e. The molecule has 3 amide bonds. The number of halogens is 2. The molecule has 1 aliphatic rings. The molecule has 53 heavy (non-hydrogen) atoms. The monoisotopic (exact) mass is 860 g/mol. The van der Waals surface area contributed by atoms with E-state index in [1.165, 1.54) is 0 Å². The van der Waals surface area contributed by atoms with Crippen molar-refractivity contribution in [2.75, 3.05) is 6.61 Å². The van der Waals surface area contributed by atoms with Crippen molar-refractivity contribution < 1.29 is 33.2 Å². The predicted molar refractivity (Wildman–Crippen MR) is 207 cm³/mol. The topological polar surface area (TPSA) is 178 Å². The highest BCUT2D eigenvalue weighted by molar-refractivity contribution is 14.1. The number of ether oxygens (including phenoxy) is 2. The second-order valence-corrected chi connectivity index (χ2v) is 15.2. The minimum absolute atomic E-state index is 0.0310. The second-order valence-electron chi connectivity index (χ2n) is 13.6. The molecular formula is C38H46ClIN6O7. The molecule has 1 aliphatic carbocycles. The maximum atomic E-state index is 14.8. The zero-order valence-electron chi connectivity index (χ0n) is 30.5. The number of fused-ring (bicyclic) bond motifs is 3. The van der Waals surface area contributed by atoms with Crippen LogP contribution in [-0.4, -0.2) is 57.2 Å². The van der Waals surface area contributed by atoms with Gasteiger partial charge in [0.2, 0.25) is 17.7 Å². The van der Waals surface area contributed by atoms with Gasteiger partial charge in [0.25, 0.3) is 5.82 Å². The fourth-order valence-electron chi connectivity index (χ4n) is 6.40. The Bertz CT molecular complexity index is 1930. The number of rotatable bonds is 15. The van der Waals surface area contributed by atoms with Crippen LogP contribution >= 0.6 is 34.2 Å². The van der Waals surface area contributed by atoms with Crippen LogP contribution in [0.15, 0.2) is 47.0 Å². The molecular weight excluding hydrogens is 815 g/mol. The normalized spacial score (nSPS) is 17.6. The Morgan fingerprint density at radius 2 is 1.77 bits per heavy atom. The average Bonchev–Trinajstić information content (AvgIpc) is 3.79. The van der Waals surface area contributed by atoms with E-state index < -0.39 is 41.5 Å². The van der Waals surface area contributed by atoms with E-state index in [0.29, 0.717) is 30.7 Å². The maximum Gasteiger partial charge on any atom is 0.408 e. The number of aryl methyl sites for hydroxylation is 1. The zero-order valence-corrected chi connectivity index (χ0v) is 33.4. The van der Waals surface area contributed by atoms with Crippen LogP contribution in [0, 0.1) is 15.4 Å². The lowest BCUT2D eigenvalue weighted by Gasteiger charge is -2.39. The van der Waals surface area contributed by atoms with Crippen LogP contribution in [0.2, 0.25) is 5.02 Å². The van der Waals surface area contributed by atoms with Gasteiger partial charge < -0.3 is 34.9 Å². The summed E-state index contributed by atoms with van der Waals surface area (Å²) in [6.07, 6.45) is 1.88. The Kier molecular flexibility index (Phi) is 13.4. The Morgan fingerprint density at radius 1 is 1.04 bits per heavy atom. The number of aromatic amines is 1. The Balaban J connectivity index is 1.48. The van der Waals surface area contributed by atoms with E-state index in [9.17, 15) is 19.2 Å². The van der Waals surface area contributed by atoms with Crippen LogP contribution in [0.3, 0.4) is 0 Å². The third kappa shape index (κ3) is 9.31. The SMILES string of the molecule is CCCOC(=O)c1noc([C@@H](NC(=O)[C@@]2(NC(=O)[C@@H](NC(=O)OCc3ccccc3)C(C)CC)CCc3[nH]c4c(I)cc(Cl)cc4c3C2)C(C)CC)n1. The molecule has 4 aromatic rings. The summed E-state index contributed by atoms with van der Waals surface area (Å²) < 4.78 is 17.1. The van der Waals surface area contributed by atoms with E-state index in [-0.39, 0.29) is 49.6 Å². The molecule has 2 heterocycles. The Hall–Kier alpha value is -4.18. The van der Waals surface area contributed by atoms with Gasteiger partial charge in [-0.15, -0.1) is 0 Å². The quantitative estimate of drug-likeness (QED) is 0.0727. The maximum absolute atomic E-state index is 14.8. The number of nitrogens with one attached hydrogen (secondary N) is 4. The van der Waals surface area contributed by atoms with Gasteiger partial charge in [-0.1, -0.05) is 89.4 Å². The molecule has 0 bridgehead atoms. The van der Waals surface area contributed by atoms with Gasteiger partial charge >= 0.3 is 12.1 Å². The number of hydrogen-bond acceptors (Lipinski definition) is 9. The van der Waals surface area contributed by atoms with Crippen molar-refractivity contribution in [3.8, 4) is 0 Å². The van der Waals surface area contributed by atoms with E-state index in [1.54, 1.807) is 0 Å². The highest BCUT2D eigenvalue weighted by Gasteiger charge is 2.47. The summed E-state index contributed by atoms with van der Waals surface area (Å²) in [5, 5.41) is 14.2. The van der Waals surface area contributed by atoms with E-state index in [2.05, 4.69) is 53.7 Å². The Morgan fingerprint density at radius 3 is 2.47 bits per heavy atom. The summed E-state index contributed by atoms with van der Waals surface area (Å²) in [6, 6.07) is 11.2. The van der Waals surface area contributed by atoms with Crippen molar-refractivity contribution in [1.82, 2.24) is 31.1 Å². The number of amides is 3. The third-order valence-corrected chi connectivity index (χ3v) is 11.0. The van der Waals surface area contributed by atoms with E-state index in [0.717, 1.165) is 31.3 Å². The molecule has 13 nitrogen and oxygen atoms in total. The molecule has 2 aromatic heterocycles. The summed E-state index contributed by atoms with van der Waals surface area (Å²) in [5.41, 5.74) is 2.04. The fraction of sp³-hybridized carbons (Fsp3) is 0.474. The number of hydrogen-bond donors (Lipinski definition) is 4. The van der Waals surface area contributed by atoms with Gasteiger partial charge in [-0.05, 0) is 82.1 Å². The standard InChI is InChI=1S/C38H46ClIN6O7/c1-6-16-51-35(48)32-44-34(53-46-32)30(22(5)8-3)42-36(49)38(15-14-28-26(19-38)25-17-24(39)18-27(40)31(25)41-28)45-33(47)29(21(4)7-2)43-37(50)52-20-23-12-10-9-11-13-23/h9-13,17-18,21-22,29-30,41H,6-8,14-16,19-20H2,1-5H3,(H,42,49)(H,43,50)(H,45,47)/t21?,22?,29-,30-,38+/m0/s1. The van der Waals surface area contributed by atoms with Crippen molar-refractivity contribution in [3.63, 3.8) is 0 Å². The highest BCUT2D eigenvalue weighted by atomic mass is 127. The molecule has 0 saturated carbocycles. The molecule has 0 saturated heterocycles. The van der Waals surface area contributed by atoms with Crippen LogP contribution in [0.5, 0.6) is 0 Å². The number of nitrogens with zero attached hydrogens (tertiary/aromatic N) is 2. The molecule has 2 unspecified atom stereocenters. The molecule has 0 radical (unpaired) electrons. The molecule has 4 N–H and O–H groups in total. The van der Waals surface area contributed by atoms with Crippen LogP contribution in [0.4, 0.5) is 4.79 Å². The highest BCUT2D eigenvalue weighted by Crippen LogP contribution is 2.38. The Labute approximate surface area is 327 Å². The van der Waals surface area contributed by atoms with Crippen molar-refractivity contribution >= 4 is 69.0 Å². The molecule has 0 spiro atoms. The number of benzene rings is 2. The summed E-state index contributed by atoms with van der Waals surface area (Å²) in [7, 11) is 0. The van der Waals surface area contributed by atoms with Gasteiger partial charge in [-0.2, -0.15) is 4.98 Å². The molecule has 284 valence electrons. The van der Waals surface area contributed by atoms with Crippen molar-refractivity contribution in [2.24, 2.45) is 11.8 Å². The van der Waals surface area contributed by atoms with Gasteiger partial charge in [0.1, 0.15) is 24.2 Å². The molecule has 0 aliphatic heterocycles. The van der Waals surface area contributed by atoms with Gasteiger partial charge in [-0.3, -0.25) is 9.59 Å². The average molecular weight is 861 g/mol. The first-order valence-corrected chi connectivity index (χ1v) is 19.4. The first-order chi connectivity index (χ1) is 25.4. The third-order valence-electron chi connectivity index (χ3n) is 9.91. The lowest BCUT2D eigenvalue weighted by Crippen LogP contribution is -2.65. The van der Waals surface area contributed by atoms with Gasteiger partial charge in [0.15, 0.2) is 0 Å². The second kappa shape index (κ2) is 17.8. The number of esters is 1. The van der Waals surface area contributed by atoms with Crippen LogP contribution in [0.1, 0.15) is 99.7 Å². The molecule has 5 atom stereocenters. The van der Waals surface area contributed by atoms with E-state index >= 15 is 0 Å². The summed E-state index contributed by atoms with van der Waals surface area (Å²) >= 11 is 8.74. The van der Waals surface area contributed by atoms with Crippen LogP contribution in [-0.2, 0) is 38.5 Å². The number of aromatic nitrogens is 3. The number of H-pyrrole nitrogens is 1. The first-order valence-electron chi connectivity index (χ1n) is 18.0. The molecule has 5 rings (SSSR count). The van der Waals surface area contributed by atoms with Crippen LogP contribution < -0.4 is 16.0 Å². The fourth-order valence-corrected chi connectivity index (χ4v) is 7.57. The number of carbonyl (C=O) groups is 4. The number of carbonyl (C=O) groups excluding carboxylic acids is 4. The minimum Gasteiger partial charge on any atom is -0.460 e. The molecule has 15 heteroatoms. The van der Waals surface area contributed by atoms with Crippen molar-refractivity contribution in [2.45, 2.75) is 97.4 Å². The van der Waals surface area contributed by atoms with Crippen molar-refractivity contribution in [3.05, 3.63) is 79.6 Å². The zero-order chi connectivity index (χ0) is 38.3. The predicted octanol–water partition coefficient (Wildman–Crippen LogP) is 6.96. The van der Waals surface area contributed by atoms with Gasteiger partial charge in [-0.25, -0.2) is 9.59 Å². The minimum atomic E-state index is -1.47. The molecule has 2 aromatic carbocycles. The summed E-state index contributed by atoms with van der Waals surface area (Å²) in [4.78, 5) is 62.6. The van der Waals surface area contributed by atoms with E-state index in [1.807, 2.05) is 77.1 Å². The lowest BCUT2D eigenvalue weighted by atomic mass is 9.78. The van der Waals surface area contributed by atoms with Crippen LogP contribution in [0.25, 0.3) is 10.9 Å². The molecule has 0 fully saturated rings. The van der Waals surface area contributed by atoms with Gasteiger partial charge in [0.05, 0.1) is 12.1 Å². The lowest BCUT2D eigenvalue weighted by molar-refractivity contribution is -0.136. The van der Waals surface area contributed by atoms with Gasteiger partial charge in [0, 0.05) is 26.1 Å². The summed E-state index contributed by atoms with van der Waals surface area (Å²) in [6.45, 7) is 9.75. The largest absolute Gasteiger partial charge is 0.460 e. The summed E-state index contributed by atoms with van der Waals surface area (Å²) in [5.74, 6) is -2.43. The van der Waals surface area contributed by atoms with Crippen molar-refractivity contribution in [1.29, 1.82) is 0 Å². The first kappa shape index (κ1) is 40.0. The van der Waals surface area contributed by atoms with E-state index in [4.69, 9.17) is 25.6 Å².